The fourth-order valence-corrected chi connectivity index (χ4v) is 2.56. The van der Waals surface area contributed by atoms with Crippen molar-refractivity contribution in [3.05, 3.63) is 50.8 Å². The van der Waals surface area contributed by atoms with E-state index in [0.29, 0.717) is 11.6 Å². The van der Waals surface area contributed by atoms with Gasteiger partial charge in [-0.15, -0.1) is 0 Å². The summed E-state index contributed by atoms with van der Waals surface area (Å²) in [6, 6.07) is 7.44. The van der Waals surface area contributed by atoms with Crippen LogP contribution in [-0.4, -0.2) is 7.05 Å². The van der Waals surface area contributed by atoms with E-state index in [1.54, 1.807) is 12.1 Å². The van der Waals surface area contributed by atoms with Gasteiger partial charge in [0.15, 0.2) is 0 Å². The topological polar surface area (TPSA) is 34.4 Å². The summed E-state index contributed by atoms with van der Waals surface area (Å²) < 4.78 is 12.2. The second-order valence-corrected chi connectivity index (χ2v) is 5.48. The van der Waals surface area contributed by atoms with Crippen molar-refractivity contribution in [2.24, 2.45) is 0 Å². The lowest BCUT2D eigenvalue weighted by atomic mass is 10.2. The van der Waals surface area contributed by atoms with Crippen molar-refractivity contribution >= 4 is 27.5 Å². The van der Waals surface area contributed by atoms with Crippen LogP contribution in [0.1, 0.15) is 17.1 Å². The van der Waals surface area contributed by atoms with Crippen LogP contribution in [0.5, 0.6) is 5.75 Å². The predicted octanol–water partition coefficient (Wildman–Crippen LogP) is 4.30. The lowest BCUT2D eigenvalue weighted by molar-refractivity contribution is 0.266. The third-order valence-electron chi connectivity index (χ3n) is 2.70. The molecule has 5 heteroatoms. The molecule has 102 valence electrons. The standard InChI is InChI=1S/C14H15BrClNO2/c1-9-10(7-17-2)5-12(19-9)8-18-14-4-3-11(16)6-13(14)15/h3-6,17H,7-8H2,1-2H3. The summed E-state index contributed by atoms with van der Waals surface area (Å²) in [5, 5.41) is 3.78. The molecule has 0 unspecified atom stereocenters. The lowest BCUT2D eigenvalue weighted by Gasteiger charge is -2.06. The molecule has 1 N–H and O–H groups in total. The number of rotatable bonds is 5. The monoisotopic (exact) mass is 343 g/mol. The van der Waals surface area contributed by atoms with Crippen LogP contribution in [0.2, 0.25) is 5.02 Å². The van der Waals surface area contributed by atoms with Crippen LogP contribution in [0.15, 0.2) is 33.2 Å². The number of hydrogen-bond donors (Lipinski definition) is 1. The third kappa shape index (κ3) is 3.75. The normalized spacial score (nSPS) is 10.7. The molecule has 0 aliphatic heterocycles. The highest BCUT2D eigenvalue weighted by molar-refractivity contribution is 9.10. The summed E-state index contributed by atoms with van der Waals surface area (Å²) in [6.07, 6.45) is 0. The number of aryl methyl sites for hydroxylation is 1. The molecule has 1 aromatic heterocycles. The zero-order chi connectivity index (χ0) is 13.8. The Kier molecular flexibility index (Phi) is 4.91. The number of halogens is 2. The highest BCUT2D eigenvalue weighted by atomic mass is 79.9. The Morgan fingerprint density at radius 2 is 2.16 bits per heavy atom. The minimum Gasteiger partial charge on any atom is -0.484 e. The first-order valence-corrected chi connectivity index (χ1v) is 7.08. The maximum Gasteiger partial charge on any atom is 0.146 e. The predicted molar refractivity (Wildman–Crippen MR) is 79.7 cm³/mol. The maximum absolute atomic E-state index is 5.88. The Bertz CT molecular complexity index is 569. The largest absolute Gasteiger partial charge is 0.484 e. The van der Waals surface area contributed by atoms with E-state index in [2.05, 4.69) is 21.2 Å². The molecule has 19 heavy (non-hydrogen) atoms. The molecule has 1 aromatic carbocycles. The molecule has 0 aliphatic carbocycles. The Hall–Kier alpha value is -0.970. The van der Waals surface area contributed by atoms with E-state index in [-0.39, 0.29) is 0 Å². The molecule has 0 amide bonds. The van der Waals surface area contributed by atoms with Crippen molar-refractivity contribution in [2.75, 3.05) is 7.05 Å². The molecule has 2 aromatic rings. The van der Waals surface area contributed by atoms with Crippen molar-refractivity contribution in [2.45, 2.75) is 20.1 Å². The maximum atomic E-state index is 5.88. The molecule has 2 rings (SSSR count). The average molecular weight is 345 g/mol. The first-order chi connectivity index (χ1) is 9.10. The van der Waals surface area contributed by atoms with Gasteiger partial charge in [0, 0.05) is 17.1 Å². The van der Waals surface area contributed by atoms with Gasteiger partial charge in [0.1, 0.15) is 23.9 Å². The van der Waals surface area contributed by atoms with E-state index < -0.39 is 0 Å². The van der Waals surface area contributed by atoms with Gasteiger partial charge in [0.05, 0.1) is 4.47 Å². The number of hydrogen-bond acceptors (Lipinski definition) is 3. The van der Waals surface area contributed by atoms with Crippen LogP contribution in [0.3, 0.4) is 0 Å². The molecule has 3 nitrogen and oxygen atoms in total. The van der Waals surface area contributed by atoms with Gasteiger partial charge in [-0.2, -0.15) is 0 Å². The SMILES string of the molecule is CNCc1cc(COc2ccc(Cl)cc2Br)oc1C. The van der Waals surface area contributed by atoms with Crippen molar-refractivity contribution < 1.29 is 9.15 Å². The van der Waals surface area contributed by atoms with Crippen LogP contribution < -0.4 is 10.1 Å². The average Bonchev–Trinajstić information content (AvgIpc) is 2.70. The Morgan fingerprint density at radius 3 is 2.84 bits per heavy atom. The van der Waals surface area contributed by atoms with Crippen LogP contribution in [0.4, 0.5) is 0 Å². The molecule has 0 fully saturated rings. The van der Waals surface area contributed by atoms with E-state index in [4.69, 9.17) is 20.8 Å². The Labute approximate surface area is 126 Å². The fraction of sp³-hybridized carbons (Fsp3) is 0.286. The van der Waals surface area contributed by atoms with E-state index in [9.17, 15) is 0 Å². The van der Waals surface area contributed by atoms with Crippen molar-refractivity contribution in [1.82, 2.24) is 5.32 Å². The van der Waals surface area contributed by atoms with E-state index in [1.165, 1.54) is 0 Å². The Balaban J connectivity index is 2.04. The van der Waals surface area contributed by atoms with Crippen molar-refractivity contribution in [3.8, 4) is 5.75 Å². The molecule has 0 bridgehead atoms. The molecule has 1 heterocycles. The zero-order valence-corrected chi connectivity index (χ0v) is 13.1. The van der Waals surface area contributed by atoms with Gasteiger partial charge in [-0.25, -0.2) is 0 Å². The van der Waals surface area contributed by atoms with Gasteiger partial charge < -0.3 is 14.5 Å². The fourth-order valence-electron chi connectivity index (χ4n) is 1.77. The van der Waals surface area contributed by atoms with Crippen LogP contribution >= 0.6 is 27.5 Å². The lowest BCUT2D eigenvalue weighted by Crippen LogP contribution is -2.04. The summed E-state index contributed by atoms with van der Waals surface area (Å²) in [5.74, 6) is 2.47. The highest BCUT2D eigenvalue weighted by Gasteiger charge is 2.08. The molecule has 0 radical (unpaired) electrons. The number of benzene rings is 1. The van der Waals surface area contributed by atoms with Gasteiger partial charge in [-0.3, -0.25) is 0 Å². The molecule has 0 spiro atoms. The van der Waals surface area contributed by atoms with Gasteiger partial charge in [-0.05, 0) is 54.2 Å². The van der Waals surface area contributed by atoms with E-state index in [1.807, 2.05) is 26.1 Å². The summed E-state index contributed by atoms with van der Waals surface area (Å²) in [5.41, 5.74) is 1.15. The van der Waals surface area contributed by atoms with Crippen molar-refractivity contribution in [3.63, 3.8) is 0 Å². The summed E-state index contributed by atoms with van der Waals surface area (Å²) in [4.78, 5) is 0. The van der Waals surface area contributed by atoms with E-state index in [0.717, 1.165) is 33.9 Å². The number of furan rings is 1. The molecule has 0 aliphatic rings. The summed E-state index contributed by atoms with van der Waals surface area (Å²) in [6.45, 7) is 3.14. The summed E-state index contributed by atoms with van der Waals surface area (Å²) >= 11 is 9.30. The molecular weight excluding hydrogens is 330 g/mol. The third-order valence-corrected chi connectivity index (χ3v) is 3.56. The smallest absolute Gasteiger partial charge is 0.146 e. The second kappa shape index (κ2) is 6.46. The van der Waals surface area contributed by atoms with Gasteiger partial charge >= 0.3 is 0 Å². The van der Waals surface area contributed by atoms with Gasteiger partial charge in [0.25, 0.3) is 0 Å². The minimum absolute atomic E-state index is 0.394. The summed E-state index contributed by atoms with van der Waals surface area (Å²) in [7, 11) is 1.91. The highest BCUT2D eigenvalue weighted by Crippen LogP contribution is 2.29. The molecule has 0 atom stereocenters. The molecule has 0 saturated carbocycles. The van der Waals surface area contributed by atoms with Gasteiger partial charge in [0.2, 0.25) is 0 Å². The van der Waals surface area contributed by atoms with Crippen LogP contribution in [0.25, 0.3) is 0 Å². The zero-order valence-electron chi connectivity index (χ0n) is 10.8. The minimum atomic E-state index is 0.394. The van der Waals surface area contributed by atoms with Crippen LogP contribution in [-0.2, 0) is 13.2 Å². The number of nitrogens with one attached hydrogen (secondary N) is 1. The molecular formula is C14H15BrClNO2. The first kappa shape index (κ1) is 14.4. The van der Waals surface area contributed by atoms with Gasteiger partial charge in [-0.1, -0.05) is 11.6 Å². The first-order valence-electron chi connectivity index (χ1n) is 5.91. The number of ether oxygens (including phenoxy) is 1. The Morgan fingerprint density at radius 1 is 1.37 bits per heavy atom. The van der Waals surface area contributed by atoms with Crippen LogP contribution in [0, 0.1) is 6.92 Å². The molecule has 0 saturated heterocycles. The van der Waals surface area contributed by atoms with E-state index >= 15 is 0 Å². The quantitative estimate of drug-likeness (QED) is 0.878. The second-order valence-electron chi connectivity index (χ2n) is 4.19. The van der Waals surface area contributed by atoms with Crippen molar-refractivity contribution in [1.29, 1.82) is 0 Å².